The zero-order valence-corrected chi connectivity index (χ0v) is 79.2. The molecule has 147 heavy (non-hydrogen) atoms. The van der Waals surface area contributed by atoms with Crippen LogP contribution >= 0.6 is 0 Å². The summed E-state index contributed by atoms with van der Waals surface area (Å²) in [6.07, 6.45) is 0. The molecule has 0 aliphatic carbocycles. The van der Waals surface area contributed by atoms with Crippen LogP contribution in [0.3, 0.4) is 0 Å². The molecule has 29 rings (SSSR count). The van der Waals surface area contributed by atoms with Gasteiger partial charge in [0.05, 0.1) is 34.2 Å². The topological polar surface area (TPSA) is 143 Å². The predicted octanol–water partition coefficient (Wildman–Crippen LogP) is 37.1. The first-order valence-corrected chi connectivity index (χ1v) is 49.3. The van der Waals surface area contributed by atoms with Crippen LogP contribution in [0.2, 0.25) is 0 Å². The van der Waals surface area contributed by atoms with Crippen LogP contribution in [0.15, 0.2) is 532 Å². The molecule has 0 fully saturated rings. The third kappa shape index (κ3) is 16.7. The Morgan fingerprint density at radius 3 is 0.789 bits per heavy atom. The largest absolute Gasteiger partial charge is 0.456 e. The van der Waals surface area contributed by atoms with Gasteiger partial charge in [-0.15, -0.1) is 0 Å². The van der Waals surface area contributed by atoms with Crippen molar-refractivity contribution < 1.29 is 22.1 Å². The smallest absolute Gasteiger partial charge is 0.160 e. The second-order valence-corrected chi connectivity index (χ2v) is 37.0. The van der Waals surface area contributed by atoms with Crippen LogP contribution in [0, 0.1) is 0 Å². The Morgan fingerprint density at radius 2 is 0.374 bits per heavy atom. The Hall–Kier alpha value is -19.9. The van der Waals surface area contributed by atoms with Crippen molar-refractivity contribution in [3.05, 3.63) is 510 Å². The van der Waals surface area contributed by atoms with Crippen LogP contribution in [0.5, 0.6) is 0 Å². The van der Waals surface area contributed by atoms with Gasteiger partial charge in [-0.05, 0) is 223 Å². The highest BCUT2D eigenvalue weighted by molar-refractivity contribution is 6.14. The summed E-state index contributed by atoms with van der Waals surface area (Å²) in [6, 6.07) is 176. The van der Waals surface area contributed by atoms with Crippen LogP contribution in [0.1, 0.15) is 0 Å². The number of fused-ring (bicyclic) bond motifs is 16. The molecule has 0 radical (unpaired) electrons. The average molecular weight is 1880 g/mol. The van der Waals surface area contributed by atoms with Crippen LogP contribution < -0.4 is 0 Å². The Kier molecular flexibility index (Phi) is 21.7. The summed E-state index contributed by atoms with van der Waals surface area (Å²) >= 11 is 0. The monoisotopic (exact) mass is 1880 g/mol. The predicted molar refractivity (Wildman–Crippen MR) is 602 cm³/mol. The van der Waals surface area contributed by atoms with E-state index in [0.29, 0.717) is 17.5 Å². The van der Waals surface area contributed by atoms with Gasteiger partial charge in [-0.25, -0.2) is 29.9 Å². The molecule has 21 aromatic carbocycles. The van der Waals surface area contributed by atoms with Crippen molar-refractivity contribution in [1.29, 1.82) is 0 Å². The summed E-state index contributed by atoms with van der Waals surface area (Å²) in [7, 11) is 0. The van der Waals surface area contributed by atoms with Crippen molar-refractivity contribution in [2.24, 2.45) is 0 Å². The first-order valence-electron chi connectivity index (χ1n) is 49.3. The molecule has 8 heterocycles. The molecule has 11 nitrogen and oxygen atoms in total. The van der Waals surface area contributed by atoms with Gasteiger partial charge in [0.2, 0.25) is 0 Å². The standard InChI is InChI=1S/2C46H28N2O2.C44H28N2O/c1-3-11-29(12-4-1)40-28-41(48-46(47-40)30-13-5-2-6-14-30)35-24-33(31-19-21-44-38(26-31)36-15-7-9-17-42(36)49-44)23-34(25-35)32-20-22-45-39(27-32)37-16-8-10-18-43(37)50-45;1-3-11-29(12-4-1)40-28-41(48-46(47-40)30-13-5-2-6-14-30)35-24-33(31-19-21-38-36-15-7-9-17-42(36)49-44(38)26-31)23-34(25-35)32-20-22-39-37-16-8-10-18-43(37)50-45(39)27-32;1-2-10-34(11-3-1)44-45-39(32-22-17-30(18-23-32)36-26-19-29-9-4-5-12-35(29)27-36)28-40(46-44)33-24-20-31(21-25-33)37-14-8-16-42-43(37)38-13-6-7-15-41(38)47-42/h2*1-28H;1-28H. The molecule has 0 unspecified atom stereocenters. The Morgan fingerprint density at radius 1 is 0.116 bits per heavy atom. The van der Waals surface area contributed by atoms with Crippen molar-refractivity contribution in [1.82, 2.24) is 29.9 Å². The minimum absolute atomic E-state index is 0.682. The highest BCUT2D eigenvalue weighted by atomic mass is 16.3. The van der Waals surface area contributed by atoms with E-state index >= 15 is 0 Å². The van der Waals surface area contributed by atoms with Gasteiger partial charge in [0, 0.05) is 104 Å². The number of aromatic nitrogens is 6. The molecule has 8 aromatic heterocycles. The van der Waals surface area contributed by atoms with Gasteiger partial charge >= 0.3 is 0 Å². The van der Waals surface area contributed by atoms with E-state index in [2.05, 4.69) is 352 Å². The normalized spacial score (nSPS) is 11.5. The summed E-state index contributed by atoms with van der Waals surface area (Å²) in [4.78, 5) is 30.5. The van der Waals surface area contributed by atoms with Crippen molar-refractivity contribution in [3.8, 4) is 168 Å². The lowest BCUT2D eigenvalue weighted by Crippen LogP contribution is -1.96. The number of hydrogen-bond acceptors (Lipinski definition) is 11. The fourth-order valence-electron chi connectivity index (χ4n) is 20.5. The fourth-order valence-corrected chi connectivity index (χ4v) is 20.5. The molecular formula is C136H84N6O5. The minimum Gasteiger partial charge on any atom is -0.456 e. The third-order valence-corrected chi connectivity index (χ3v) is 27.9. The Bertz CT molecular complexity index is 9740. The van der Waals surface area contributed by atoms with Gasteiger partial charge in [-0.2, -0.15) is 0 Å². The molecule has 0 bridgehead atoms. The molecule has 0 aliphatic heterocycles. The SMILES string of the molecule is c1ccc(-c2cc(-c3cc(-c4ccc5c(c4)oc4ccccc45)cc(-c4ccc5c(c4)oc4ccccc45)c3)nc(-c3ccccc3)n2)cc1.c1ccc(-c2cc(-c3cc(-c4ccc5oc6ccccc6c5c4)cc(-c4ccc5oc6ccccc6c5c4)c3)nc(-c3ccccc3)n2)cc1.c1ccc(-c2nc(-c3ccc(-c4ccc5ccccc5c4)cc3)cc(-c3ccc(-c4cccc5oc6ccccc6c45)cc3)n2)cc1. The fraction of sp³-hybridized carbons (Fsp3) is 0. The second kappa shape index (κ2) is 37.0. The molecule has 0 spiro atoms. The highest BCUT2D eigenvalue weighted by Gasteiger charge is 2.23. The molecule has 0 aliphatic rings. The number of furan rings is 5. The van der Waals surface area contributed by atoms with Gasteiger partial charge in [-0.1, -0.05) is 364 Å². The number of para-hydroxylation sites is 5. The molecular weight excluding hydrogens is 1800 g/mol. The van der Waals surface area contributed by atoms with Crippen molar-refractivity contribution in [2.75, 3.05) is 0 Å². The van der Waals surface area contributed by atoms with Gasteiger partial charge in [0.15, 0.2) is 17.5 Å². The van der Waals surface area contributed by atoms with Crippen LogP contribution in [0.4, 0.5) is 0 Å². The van der Waals surface area contributed by atoms with Crippen molar-refractivity contribution >= 4 is 120 Å². The summed E-state index contributed by atoms with van der Waals surface area (Å²) in [5, 5.41) is 13.6. The van der Waals surface area contributed by atoms with E-state index in [1.165, 1.54) is 21.9 Å². The maximum absolute atomic E-state index is 6.32. The van der Waals surface area contributed by atoms with E-state index in [-0.39, 0.29) is 0 Å². The third-order valence-electron chi connectivity index (χ3n) is 27.9. The van der Waals surface area contributed by atoms with E-state index in [0.717, 1.165) is 250 Å². The number of hydrogen-bond donors (Lipinski definition) is 0. The van der Waals surface area contributed by atoms with Gasteiger partial charge < -0.3 is 22.1 Å². The van der Waals surface area contributed by atoms with Crippen LogP contribution in [-0.4, -0.2) is 29.9 Å². The quantitative estimate of drug-likeness (QED) is 0.0968. The maximum Gasteiger partial charge on any atom is 0.160 e. The summed E-state index contributed by atoms with van der Waals surface area (Å²) < 4.78 is 31.2. The highest BCUT2D eigenvalue weighted by Crippen LogP contribution is 2.46. The van der Waals surface area contributed by atoms with E-state index in [1.807, 2.05) is 158 Å². The molecule has 688 valence electrons. The molecule has 11 heteroatoms. The van der Waals surface area contributed by atoms with Crippen LogP contribution in [0.25, 0.3) is 289 Å². The first kappa shape index (κ1) is 86.2. The first-order chi connectivity index (χ1) is 72.7. The zero-order chi connectivity index (χ0) is 97.2. The average Bonchev–Trinajstić information content (AvgIpc) is 1.65. The van der Waals surface area contributed by atoms with Gasteiger partial charge in [0.25, 0.3) is 0 Å². The van der Waals surface area contributed by atoms with E-state index in [1.54, 1.807) is 0 Å². The zero-order valence-electron chi connectivity index (χ0n) is 79.2. The van der Waals surface area contributed by atoms with Gasteiger partial charge in [-0.3, -0.25) is 0 Å². The maximum atomic E-state index is 6.32. The lowest BCUT2D eigenvalue weighted by atomic mass is 9.93. The summed E-state index contributed by atoms with van der Waals surface area (Å²) in [5.41, 5.74) is 36.4. The van der Waals surface area contributed by atoms with Crippen molar-refractivity contribution in [2.45, 2.75) is 0 Å². The van der Waals surface area contributed by atoms with E-state index in [4.69, 9.17) is 52.0 Å². The minimum atomic E-state index is 0.682. The molecule has 0 saturated carbocycles. The molecule has 0 atom stereocenters. The summed E-state index contributed by atoms with van der Waals surface area (Å²) in [5.74, 6) is 2.07. The Balaban J connectivity index is 0.000000109. The number of nitrogens with zero attached hydrogens (tertiary/aromatic N) is 6. The lowest BCUT2D eigenvalue weighted by Gasteiger charge is -2.13. The molecule has 0 amide bonds. The lowest BCUT2D eigenvalue weighted by molar-refractivity contribution is 0.668. The van der Waals surface area contributed by atoms with Gasteiger partial charge in [0.1, 0.15) is 55.8 Å². The van der Waals surface area contributed by atoms with Crippen LogP contribution in [-0.2, 0) is 0 Å². The van der Waals surface area contributed by atoms with E-state index in [9.17, 15) is 0 Å². The second-order valence-electron chi connectivity index (χ2n) is 37.0. The number of benzene rings is 21. The molecule has 0 saturated heterocycles. The van der Waals surface area contributed by atoms with E-state index < -0.39 is 0 Å². The van der Waals surface area contributed by atoms with Crippen molar-refractivity contribution in [3.63, 3.8) is 0 Å². The molecule has 29 aromatic rings. The Labute approximate surface area is 844 Å². The summed E-state index contributed by atoms with van der Waals surface area (Å²) in [6.45, 7) is 0. The number of rotatable bonds is 15. The molecule has 0 N–H and O–H groups in total.